The zero-order valence-corrected chi connectivity index (χ0v) is 11.3. The number of aryl methyl sites for hydroxylation is 1. The number of nitrogens with zero attached hydrogens (tertiary/aromatic N) is 2. The number of thiazole rings is 1. The largest absolute Gasteiger partial charge is 0.345 e. The first-order chi connectivity index (χ1) is 8.04. The standard InChI is InChI=1S/C11H19F2N3S/c1-4-5-14-6-9-8(2)15-11(17-9)16(3)7-10(12)13/h10,14H,4-7H2,1-3H3. The summed E-state index contributed by atoms with van der Waals surface area (Å²) in [6.07, 6.45) is -1.25. The van der Waals surface area contributed by atoms with Crippen LogP contribution in [0.15, 0.2) is 0 Å². The van der Waals surface area contributed by atoms with Crippen LogP contribution in [-0.4, -0.2) is 31.5 Å². The number of halogens is 2. The maximum absolute atomic E-state index is 12.2. The van der Waals surface area contributed by atoms with E-state index in [9.17, 15) is 8.78 Å². The Morgan fingerprint density at radius 3 is 2.76 bits per heavy atom. The van der Waals surface area contributed by atoms with Crippen molar-refractivity contribution in [3.8, 4) is 0 Å². The molecule has 1 aromatic rings. The Hall–Kier alpha value is -0.750. The fourth-order valence-electron chi connectivity index (χ4n) is 1.40. The zero-order valence-electron chi connectivity index (χ0n) is 10.5. The van der Waals surface area contributed by atoms with E-state index < -0.39 is 6.43 Å². The monoisotopic (exact) mass is 263 g/mol. The minimum Gasteiger partial charge on any atom is -0.345 e. The van der Waals surface area contributed by atoms with Crippen LogP contribution < -0.4 is 10.2 Å². The number of rotatable bonds is 7. The van der Waals surface area contributed by atoms with Crippen LogP contribution in [0.1, 0.15) is 23.9 Å². The third-order valence-corrected chi connectivity index (χ3v) is 3.60. The lowest BCUT2D eigenvalue weighted by Crippen LogP contribution is -2.23. The van der Waals surface area contributed by atoms with Crippen molar-refractivity contribution in [1.82, 2.24) is 10.3 Å². The predicted molar refractivity (Wildman–Crippen MR) is 68.1 cm³/mol. The van der Waals surface area contributed by atoms with Gasteiger partial charge in [0.1, 0.15) is 0 Å². The number of hydrogen-bond acceptors (Lipinski definition) is 4. The molecule has 0 amide bonds. The first kappa shape index (κ1) is 14.3. The van der Waals surface area contributed by atoms with Crippen LogP contribution in [0.4, 0.5) is 13.9 Å². The molecule has 6 heteroatoms. The van der Waals surface area contributed by atoms with Crippen molar-refractivity contribution in [2.75, 3.05) is 25.0 Å². The lowest BCUT2D eigenvalue weighted by atomic mass is 10.4. The Bertz CT molecular complexity index is 341. The van der Waals surface area contributed by atoms with Gasteiger partial charge in [0.15, 0.2) is 5.13 Å². The third-order valence-electron chi connectivity index (χ3n) is 2.33. The Balaban J connectivity index is 2.60. The number of nitrogens with one attached hydrogen (secondary N) is 1. The summed E-state index contributed by atoms with van der Waals surface area (Å²) in [5.41, 5.74) is 0.926. The Morgan fingerprint density at radius 1 is 1.47 bits per heavy atom. The fraction of sp³-hybridized carbons (Fsp3) is 0.727. The van der Waals surface area contributed by atoms with Crippen LogP contribution >= 0.6 is 11.3 Å². The van der Waals surface area contributed by atoms with E-state index in [1.54, 1.807) is 7.05 Å². The maximum atomic E-state index is 12.2. The van der Waals surface area contributed by atoms with Crippen LogP contribution in [0.25, 0.3) is 0 Å². The average Bonchev–Trinajstić information content (AvgIpc) is 2.60. The second-order valence-corrected chi connectivity index (χ2v) is 5.02. The van der Waals surface area contributed by atoms with E-state index in [0.717, 1.165) is 30.1 Å². The van der Waals surface area contributed by atoms with Gasteiger partial charge in [-0.1, -0.05) is 6.92 Å². The smallest absolute Gasteiger partial charge is 0.255 e. The quantitative estimate of drug-likeness (QED) is 0.767. The van der Waals surface area contributed by atoms with Crippen molar-refractivity contribution in [3.63, 3.8) is 0 Å². The highest BCUT2D eigenvalue weighted by atomic mass is 32.1. The van der Waals surface area contributed by atoms with Crippen LogP contribution in [0.2, 0.25) is 0 Å². The molecule has 3 nitrogen and oxygen atoms in total. The summed E-state index contributed by atoms with van der Waals surface area (Å²) in [5.74, 6) is 0. The van der Waals surface area contributed by atoms with Crippen LogP contribution in [0.3, 0.4) is 0 Å². The molecular formula is C11H19F2N3S. The summed E-state index contributed by atoms with van der Waals surface area (Å²) < 4.78 is 24.5. The van der Waals surface area contributed by atoms with Gasteiger partial charge in [0.25, 0.3) is 6.43 Å². The number of anilines is 1. The predicted octanol–water partition coefficient (Wildman–Crippen LogP) is 2.65. The van der Waals surface area contributed by atoms with Crippen molar-refractivity contribution in [3.05, 3.63) is 10.6 Å². The molecule has 0 aromatic carbocycles. The molecule has 0 fully saturated rings. The van der Waals surface area contributed by atoms with Gasteiger partial charge in [-0.25, -0.2) is 13.8 Å². The highest BCUT2D eigenvalue weighted by molar-refractivity contribution is 7.15. The number of aromatic nitrogens is 1. The highest BCUT2D eigenvalue weighted by Gasteiger charge is 2.14. The molecule has 98 valence electrons. The van der Waals surface area contributed by atoms with E-state index in [-0.39, 0.29) is 6.54 Å². The zero-order chi connectivity index (χ0) is 12.8. The SMILES string of the molecule is CCCNCc1sc(N(C)CC(F)F)nc1C. The number of hydrogen-bond donors (Lipinski definition) is 1. The van der Waals surface area contributed by atoms with Crippen molar-refractivity contribution < 1.29 is 8.78 Å². The molecule has 0 spiro atoms. The molecule has 0 bridgehead atoms. The molecule has 0 aliphatic carbocycles. The molecule has 1 aromatic heterocycles. The minimum absolute atomic E-state index is 0.269. The van der Waals surface area contributed by atoms with Crippen LogP contribution in [0.5, 0.6) is 0 Å². The minimum atomic E-state index is -2.33. The van der Waals surface area contributed by atoms with Crippen molar-refractivity contribution in [2.24, 2.45) is 0 Å². The molecule has 0 atom stereocenters. The lowest BCUT2D eigenvalue weighted by molar-refractivity contribution is 0.156. The van der Waals surface area contributed by atoms with Crippen LogP contribution in [0, 0.1) is 6.92 Å². The van der Waals surface area contributed by atoms with Gasteiger partial charge >= 0.3 is 0 Å². The third kappa shape index (κ3) is 4.55. The summed E-state index contributed by atoms with van der Waals surface area (Å²) in [6.45, 7) is 5.47. The number of alkyl halides is 2. The molecule has 0 saturated heterocycles. The Labute approximate surface area is 105 Å². The van der Waals surface area contributed by atoms with Gasteiger partial charge in [0.05, 0.1) is 12.2 Å². The molecule has 0 aliphatic rings. The van der Waals surface area contributed by atoms with Gasteiger partial charge in [-0.3, -0.25) is 0 Å². The van der Waals surface area contributed by atoms with E-state index in [1.165, 1.54) is 16.2 Å². The summed E-state index contributed by atoms with van der Waals surface area (Å²) in [7, 11) is 1.65. The molecular weight excluding hydrogens is 244 g/mol. The molecule has 0 aliphatic heterocycles. The van der Waals surface area contributed by atoms with Gasteiger partial charge in [0, 0.05) is 18.5 Å². The van der Waals surface area contributed by atoms with Crippen molar-refractivity contribution in [1.29, 1.82) is 0 Å². The highest BCUT2D eigenvalue weighted by Crippen LogP contribution is 2.25. The fourth-order valence-corrected chi connectivity index (χ4v) is 2.40. The maximum Gasteiger partial charge on any atom is 0.255 e. The molecule has 1 rings (SSSR count). The summed E-state index contributed by atoms with van der Waals surface area (Å²) >= 11 is 1.48. The van der Waals surface area contributed by atoms with E-state index in [2.05, 4.69) is 17.2 Å². The molecule has 0 saturated carbocycles. The lowest BCUT2D eigenvalue weighted by Gasteiger charge is -2.14. The molecule has 1 N–H and O–H groups in total. The first-order valence-corrected chi connectivity index (χ1v) is 6.52. The molecule has 0 unspecified atom stereocenters. The molecule has 1 heterocycles. The van der Waals surface area contributed by atoms with Gasteiger partial charge in [-0.15, -0.1) is 11.3 Å². The van der Waals surface area contributed by atoms with Gasteiger partial charge in [0.2, 0.25) is 0 Å². The topological polar surface area (TPSA) is 28.2 Å². The van der Waals surface area contributed by atoms with E-state index in [0.29, 0.717) is 5.13 Å². The van der Waals surface area contributed by atoms with Crippen LogP contribution in [-0.2, 0) is 6.54 Å². The van der Waals surface area contributed by atoms with E-state index in [4.69, 9.17) is 0 Å². The first-order valence-electron chi connectivity index (χ1n) is 5.70. The summed E-state index contributed by atoms with van der Waals surface area (Å²) in [4.78, 5) is 6.94. The molecule has 17 heavy (non-hydrogen) atoms. The molecule has 0 radical (unpaired) electrons. The summed E-state index contributed by atoms with van der Waals surface area (Å²) in [6, 6.07) is 0. The van der Waals surface area contributed by atoms with Gasteiger partial charge < -0.3 is 10.2 Å². The average molecular weight is 263 g/mol. The second kappa shape index (κ2) is 6.86. The van der Waals surface area contributed by atoms with Gasteiger partial charge in [-0.05, 0) is 19.9 Å². The second-order valence-electron chi connectivity index (χ2n) is 3.95. The summed E-state index contributed by atoms with van der Waals surface area (Å²) in [5, 5.41) is 3.95. The van der Waals surface area contributed by atoms with E-state index >= 15 is 0 Å². The Kier molecular flexibility index (Phi) is 5.77. The normalized spacial score (nSPS) is 11.2. The Morgan fingerprint density at radius 2 is 2.18 bits per heavy atom. The van der Waals surface area contributed by atoms with Crippen molar-refractivity contribution in [2.45, 2.75) is 33.2 Å². The van der Waals surface area contributed by atoms with Crippen molar-refractivity contribution >= 4 is 16.5 Å². The van der Waals surface area contributed by atoms with E-state index in [1.807, 2.05) is 6.92 Å². The van der Waals surface area contributed by atoms with Gasteiger partial charge in [-0.2, -0.15) is 0 Å².